The molecule has 2 aromatic carbocycles. The van der Waals surface area contributed by atoms with Crippen molar-refractivity contribution < 1.29 is 30.3 Å². The standard InChI is InChI=1S/C22H23F3NO3S/c1-3-26(4-2)20(18-12-7-5-8-13-18)16-11-17-21(19-14-9-6-10-15-19)29-30(27,28)22(23,24)25/h5-17H,3-4H2,1-2H3/q+1/b16-11+,21-17+. The summed E-state index contributed by atoms with van der Waals surface area (Å²) in [5, 5.41) is 0. The molecule has 0 atom stereocenters. The number of hydrogen-bond donors (Lipinski definition) is 0. The first-order chi connectivity index (χ1) is 14.2. The van der Waals surface area contributed by atoms with Gasteiger partial charge in [0.05, 0.1) is 0 Å². The predicted molar refractivity (Wildman–Crippen MR) is 112 cm³/mol. The molecule has 0 fully saturated rings. The molecule has 0 bridgehead atoms. The van der Waals surface area contributed by atoms with Crippen LogP contribution in [0.3, 0.4) is 0 Å². The van der Waals surface area contributed by atoms with Gasteiger partial charge in [-0.1, -0.05) is 54.6 Å². The normalized spacial score (nSPS) is 12.8. The SMILES string of the molecule is CC[N+](CC)=C(/C=C/C=C(/OS(=O)(=O)C(F)(F)F)c1ccccc1)c1ccccc1. The molecule has 0 aliphatic heterocycles. The molecule has 0 unspecified atom stereocenters. The summed E-state index contributed by atoms with van der Waals surface area (Å²) in [5.41, 5.74) is -3.54. The van der Waals surface area contributed by atoms with Crippen LogP contribution in [0.2, 0.25) is 0 Å². The molecule has 0 spiro atoms. The van der Waals surface area contributed by atoms with Crippen molar-refractivity contribution in [3.05, 3.63) is 90.0 Å². The molecule has 0 N–H and O–H groups in total. The van der Waals surface area contributed by atoms with Crippen LogP contribution >= 0.6 is 0 Å². The quantitative estimate of drug-likeness (QED) is 0.146. The summed E-state index contributed by atoms with van der Waals surface area (Å²) in [6.45, 7) is 5.42. The van der Waals surface area contributed by atoms with E-state index in [1.165, 1.54) is 24.3 Å². The van der Waals surface area contributed by atoms with E-state index in [2.05, 4.69) is 8.76 Å². The van der Waals surface area contributed by atoms with E-state index in [-0.39, 0.29) is 5.56 Å². The maximum absolute atomic E-state index is 12.8. The second-order valence-corrected chi connectivity index (χ2v) is 7.70. The topological polar surface area (TPSA) is 46.4 Å². The van der Waals surface area contributed by atoms with Crippen LogP contribution < -0.4 is 0 Å². The Hall–Kier alpha value is -2.87. The monoisotopic (exact) mass is 438 g/mol. The van der Waals surface area contributed by atoms with Gasteiger partial charge in [-0.2, -0.15) is 21.6 Å². The fourth-order valence-corrected chi connectivity index (χ4v) is 3.21. The Labute approximate surface area is 174 Å². The van der Waals surface area contributed by atoms with Crippen molar-refractivity contribution in [2.75, 3.05) is 13.1 Å². The Morgan fingerprint density at radius 2 is 1.43 bits per heavy atom. The third kappa shape index (κ3) is 6.06. The van der Waals surface area contributed by atoms with Gasteiger partial charge in [-0.05, 0) is 32.1 Å². The maximum Gasteiger partial charge on any atom is 0.534 e. The van der Waals surface area contributed by atoms with E-state index < -0.39 is 21.4 Å². The van der Waals surface area contributed by atoms with Crippen LogP contribution in [-0.2, 0) is 14.3 Å². The Morgan fingerprint density at radius 1 is 0.933 bits per heavy atom. The largest absolute Gasteiger partial charge is 0.534 e. The van der Waals surface area contributed by atoms with Crippen molar-refractivity contribution >= 4 is 21.6 Å². The number of alkyl halides is 3. The Kier molecular flexibility index (Phi) is 8.00. The van der Waals surface area contributed by atoms with E-state index in [4.69, 9.17) is 0 Å². The summed E-state index contributed by atoms with van der Waals surface area (Å²) < 4.78 is 68.0. The van der Waals surface area contributed by atoms with Crippen LogP contribution in [0.1, 0.15) is 25.0 Å². The molecule has 0 radical (unpaired) electrons. The summed E-state index contributed by atoms with van der Waals surface area (Å²) in [5.74, 6) is -0.420. The summed E-state index contributed by atoms with van der Waals surface area (Å²) in [4.78, 5) is 0. The second kappa shape index (κ2) is 10.2. The van der Waals surface area contributed by atoms with Gasteiger partial charge in [-0.3, -0.25) is 0 Å². The lowest BCUT2D eigenvalue weighted by molar-refractivity contribution is -0.519. The number of allylic oxidation sites excluding steroid dienone is 3. The molecule has 0 amide bonds. The smallest absolute Gasteiger partial charge is 0.375 e. The van der Waals surface area contributed by atoms with Crippen molar-refractivity contribution in [3.63, 3.8) is 0 Å². The Balaban J connectivity index is 2.49. The van der Waals surface area contributed by atoms with E-state index in [1.54, 1.807) is 24.3 Å². The zero-order valence-electron chi connectivity index (χ0n) is 16.6. The molecule has 8 heteroatoms. The summed E-state index contributed by atoms with van der Waals surface area (Å²) in [7, 11) is -5.79. The molecule has 2 aromatic rings. The summed E-state index contributed by atoms with van der Waals surface area (Å²) in [6.07, 6.45) is 4.41. The van der Waals surface area contributed by atoms with Crippen LogP contribution in [0.25, 0.3) is 5.76 Å². The first-order valence-electron chi connectivity index (χ1n) is 9.31. The third-order valence-electron chi connectivity index (χ3n) is 4.22. The number of rotatable bonds is 8. The average molecular weight is 438 g/mol. The maximum atomic E-state index is 12.8. The fourth-order valence-electron chi connectivity index (χ4n) is 2.72. The molecule has 2 rings (SSSR count). The van der Waals surface area contributed by atoms with E-state index in [0.717, 1.165) is 24.4 Å². The first kappa shape index (κ1) is 23.4. The lowest BCUT2D eigenvalue weighted by atomic mass is 10.1. The summed E-state index contributed by atoms with van der Waals surface area (Å²) >= 11 is 0. The number of benzene rings is 2. The Morgan fingerprint density at radius 3 is 1.90 bits per heavy atom. The highest BCUT2D eigenvalue weighted by atomic mass is 32.2. The minimum absolute atomic E-state index is 0.207. The van der Waals surface area contributed by atoms with E-state index in [1.807, 2.05) is 44.2 Å². The van der Waals surface area contributed by atoms with Gasteiger partial charge in [-0.25, -0.2) is 4.58 Å². The molecule has 0 aromatic heterocycles. The molecule has 0 saturated carbocycles. The van der Waals surface area contributed by atoms with Crippen LogP contribution in [0.4, 0.5) is 13.2 Å². The van der Waals surface area contributed by atoms with Crippen molar-refractivity contribution in [2.45, 2.75) is 19.4 Å². The predicted octanol–water partition coefficient (Wildman–Crippen LogP) is 4.99. The number of halogens is 3. The van der Waals surface area contributed by atoms with Crippen molar-refractivity contribution in [1.29, 1.82) is 0 Å². The van der Waals surface area contributed by atoms with Gasteiger partial charge >= 0.3 is 15.6 Å². The minimum Gasteiger partial charge on any atom is -0.375 e. The van der Waals surface area contributed by atoms with Gasteiger partial charge in [0, 0.05) is 17.2 Å². The first-order valence-corrected chi connectivity index (χ1v) is 10.7. The van der Waals surface area contributed by atoms with E-state index in [9.17, 15) is 21.6 Å². The molecule has 160 valence electrons. The lowest BCUT2D eigenvalue weighted by Gasteiger charge is -2.12. The second-order valence-electron chi connectivity index (χ2n) is 6.16. The highest BCUT2D eigenvalue weighted by Gasteiger charge is 2.48. The van der Waals surface area contributed by atoms with Crippen LogP contribution in [0, 0.1) is 0 Å². The molecular formula is C22H23F3NO3S+. The zero-order chi connectivity index (χ0) is 22.2. The van der Waals surface area contributed by atoms with Crippen molar-refractivity contribution in [1.82, 2.24) is 0 Å². The highest BCUT2D eigenvalue weighted by Crippen LogP contribution is 2.29. The molecule has 0 saturated heterocycles. The van der Waals surface area contributed by atoms with Gasteiger partial charge in [0.25, 0.3) is 0 Å². The van der Waals surface area contributed by atoms with Crippen molar-refractivity contribution in [2.24, 2.45) is 0 Å². The lowest BCUT2D eigenvalue weighted by Crippen LogP contribution is -2.25. The number of nitrogens with zero attached hydrogens (tertiary/aromatic N) is 1. The third-order valence-corrected chi connectivity index (χ3v) is 5.18. The van der Waals surface area contributed by atoms with E-state index >= 15 is 0 Å². The molecule has 30 heavy (non-hydrogen) atoms. The van der Waals surface area contributed by atoms with Crippen molar-refractivity contribution in [3.8, 4) is 0 Å². The Bertz CT molecular complexity index is 1020. The number of hydrogen-bond acceptors (Lipinski definition) is 3. The summed E-state index contributed by atoms with van der Waals surface area (Å²) in [6, 6.07) is 17.3. The van der Waals surface area contributed by atoms with Gasteiger partial charge in [-0.15, -0.1) is 0 Å². The van der Waals surface area contributed by atoms with Gasteiger partial charge in [0.2, 0.25) is 5.71 Å². The zero-order valence-corrected chi connectivity index (χ0v) is 17.5. The highest BCUT2D eigenvalue weighted by molar-refractivity contribution is 7.87. The molecular weight excluding hydrogens is 415 g/mol. The molecule has 0 aliphatic carbocycles. The van der Waals surface area contributed by atoms with Crippen LogP contribution in [0.5, 0.6) is 0 Å². The minimum atomic E-state index is -5.79. The van der Waals surface area contributed by atoms with Gasteiger partial charge in [0.1, 0.15) is 18.8 Å². The van der Waals surface area contributed by atoms with Gasteiger partial charge < -0.3 is 4.18 Å². The van der Waals surface area contributed by atoms with Crippen LogP contribution in [-0.4, -0.2) is 37.3 Å². The van der Waals surface area contributed by atoms with E-state index in [0.29, 0.717) is 0 Å². The molecule has 4 nitrogen and oxygen atoms in total. The molecule has 0 aliphatic rings. The fraction of sp³-hybridized carbons (Fsp3) is 0.227. The molecule has 0 heterocycles. The average Bonchev–Trinajstić information content (AvgIpc) is 2.73. The van der Waals surface area contributed by atoms with Crippen LogP contribution in [0.15, 0.2) is 78.9 Å². The van der Waals surface area contributed by atoms with Gasteiger partial charge in [0.15, 0.2) is 0 Å².